The monoisotopic (exact) mass is 366 g/mol. The summed E-state index contributed by atoms with van der Waals surface area (Å²) in [6.07, 6.45) is 3.00. The highest BCUT2D eigenvalue weighted by molar-refractivity contribution is 6.02. The van der Waals surface area contributed by atoms with E-state index in [1.54, 1.807) is 11.0 Å². The third kappa shape index (κ3) is 3.20. The summed E-state index contributed by atoms with van der Waals surface area (Å²) in [5.41, 5.74) is 2.07. The maximum absolute atomic E-state index is 12.7. The Balaban J connectivity index is 1.53. The van der Waals surface area contributed by atoms with Crippen molar-refractivity contribution < 1.29 is 14.4 Å². The van der Waals surface area contributed by atoms with Crippen LogP contribution in [0.3, 0.4) is 0 Å². The minimum atomic E-state index is -0.161. The minimum absolute atomic E-state index is 0.0714. The van der Waals surface area contributed by atoms with Gasteiger partial charge in [0.1, 0.15) is 5.69 Å². The van der Waals surface area contributed by atoms with Crippen molar-refractivity contribution in [3.05, 3.63) is 48.2 Å². The molecular weight excluding hydrogens is 344 g/mol. The molecule has 0 radical (unpaired) electrons. The summed E-state index contributed by atoms with van der Waals surface area (Å²) < 4.78 is 1.95. The fourth-order valence-electron chi connectivity index (χ4n) is 3.89. The molecule has 1 atom stereocenters. The van der Waals surface area contributed by atoms with Gasteiger partial charge >= 0.3 is 0 Å². The van der Waals surface area contributed by atoms with Gasteiger partial charge in [-0.15, -0.1) is 0 Å². The normalized spacial score (nSPS) is 19.3. The van der Waals surface area contributed by atoms with Crippen LogP contribution in [-0.2, 0) is 11.3 Å². The average molecular weight is 366 g/mol. The second-order valence-corrected chi connectivity index (χ2v) is 7.01. The molecule has 3 amide bonds. The quantitative estimate of drug-likeness (QED) is 0.803. The summed E-state index contributed by atoms with van der Waals surface area (Å²) in [5.74, 6) is -0.350. The summed E-state index contributed by atoms with van der Waals surface area (Å²) in [7, 11) is 0. The molecular formula is C20H22N4O3. The predicted molar refractivity (Wildman–Crippen MR) is 102 cm³/mol. The fourth-order valence-corrected chi connectivity index (χ4v) is 3.89. The Hall–Kier alpha value is -3.09. The molecule has 2 aliphatic rings. The molecule has 2 N–H and O–H groups in total. The number of hydrogen-bond acceptors (Lipinski definition) is 3. The highest BCUT2D eigenvalue weighted by Crippen LogP contribution is 2.23. The molecule has 0 saturated carbocycles. The molecule has 140 valence electrons. The summed E-state index contributed by atoms with van der Waals surface area (Å²) in [6.45, 7) is 6.00. The van der Waals surface area contributed by atoms with Crippen LogP contribution in [0, 0.1) is 0 Å². The Morgan fingerprint density at radius 2 is 2.11 bits per heavy atom. The number of benzene rings is 1. The molecule has 0 bridgehead atoms. The second kappa shape index (κ2) is 6.90. The van der Waals surface area contributed by atoms with E-state index < -0.39 is 0 Å². The van der Waals surface area contributed by atoms with E-state index in [-0.39, 0.29) is 23.8 Å². The first kappa shape index (κ1) is 17.3. The van der Waals surface area contributed by atoms with Crippen molar-refractivity contribution in [1.82, 2.24) is 20.1 Å². The number of carbonyl (C=O) groups excluding carboxylic acids is 3. The van der Waals surface area contributed by atoms with E-state index in [2.05, 4.69) is 17.2 Å². The van der Waals surface area contributed by atoms with Crippen molar-refractivity contribution in [3.63, 3.8) is 0 Å². The number of fused-ring (bicyclic) bond motifs is 3. The lowest BCUT2D eigenvalue weighted by atomic mass is 10.0. The van der Waals surface area contributed by atoms with Crippen molar-refractivity contribution in [2.45, 2.75) is 25.4 Å². The van der Waals surface area contributed by atoms with Crippen LogP contribution in [0.15, 0.2) is 36.9 Å². The van der Waals surface area contributed by atoms with Crippen LogP contribution in [0.4, 0.5) is 0 Å². The van der Waals surface area contributed by atoms with Gasteiger partial charge in [-0.05, 0) is 37.1 Å². The molecule has 0 unspecified atom stereocenters. The third-order valence-corrected chi connectivity index (χ3v) is 5.26. The van der Waals surface area contributed by atoms with Gasteiger partial charge in [-0.2, -0.15) is 0 Å². The van der Waals surface area contributed by atoms with Crippen LogP contribution in [0.25, 0.3) is 10.9 Å². The molecule has 0 spiro atoms. The minimum Gasteiger partial charge on any atom is -0.349 e. The average Bonchev–Trinajstić information content (AvgIpc) is 3.07. The summed E-state index contributed by atoms with van der Waals surface area (Å²) >= 11 is 0. The summed E-state index contributed by atoms with van der Waals surface area (Å²) in [5, 5.41) is 6.81. The lowest BCUT2D eigenvalue weighted by Crippen LogP contribution is -2.49. The number of carbonyl (C=O) groups is 3. The van der Waals surface area contributed by atoms with Gasteiger partial charge in [0.15, 0.2) is 0 Å². The number of aromatic nitrogens is 1. The Morgan fingerprint density at radius 3 is 2.93 bits per heavy atom. The lowest BCUT2D eigenvalue weighted by Gasteiger charge is -2.32. The maximum Gasteiger partial charge on any atom is 0.268 e. The van der Waals surface area contributed by atoms with Gasteiger partial charge in [0.25, 0.3) is 11.8 Å². The standard InChI is InChI=1S/C20H22N4O3/c1-2-18(25)23-8-3-4-15(12-23)22-19(26)14-6-5-13-10-17-20(27)21-7-9-24(17)16(13)11-14/h2,5-6,10-11,15H,1,3-4,7-9,12H2,(H,21,27)(H,22,26)/t15-/m0/s1. The highest BCUT2D eigenvalue weighted by Gasteiger charge is 2.24. The summed E-state index contributed by atoms with van der Waals surface area (Å²) in [4.78, 5) is 38.3. The van der Waals surface area contributed by atoms with Gasteiger partial charge in [0.2, 0.25) is 5.91 Å². The molecule has 1 fully saturated rings. The third-order valence-electron chi connectivity index (χ3n) is 5.26. The van der Waals surface area contributed by atoms with E-state index in [1.165, 1.54) is 6.08 Å². The molecule has 2 aliphatic heterocycles. The van der Waals surface area contributed by atoms with Crippen LogP contribution >= 0.6 is 0 Å². The number of amides is 3. The van der Waals surface area contributed by atoms with Crippen molar-refractivity contribution in [1.29, 1.82) is 0 Å². The molecule has 3 heterocycles. The predicted octanol–water partition coefficient (Wildman–Crippen LogP) is 1.29. The molecule has 1 saturated heterocycles. The number of likely N-dealkylation sites (tertiary alicyclic amines) is 1. The van der Waals surface area contributed by atoms with Gasteiger partial charge in [0.05, 0.1) is 0 Å². The first-order chi connectivity index (χ1) is 13.1. The maximum atomic E-state index is 12.7. The smallest absolute Gasteiger partial charge is 0.268 e. The van der Waals surface area contributed by atoms with E-state index in [0.717, 1.165) is 23.7 Å². The lowest BCUT2D eigenvalue weighted by molar-refractivity contribution is -0.127. The number of hydrogen-bond donors (Lipinski definition) is 2. The molecule has 7 heteroatoms. The van der Waals surface area contributed by atoms with Gasteiger partial charge in [-0.25, -0.2) is 0 Å². The Morgan fingerprint density at radius 1 is 1.26 bits per heavy atom. The topological polar surface area (TPSA) is 83.4 Å². The molecule has 1 aromatic carbocycles. The molecule has 2 aromatic rings. The molecule has 1 aromatic heterocycles. The zero-order chi connectivity index (χ0) is 19.0. The van der Waals surface area contributed by atoms with Crippen molar-refractivity contribution in [2.24, 2.45) is 0 Å². The number of nitrogens with zero attached hydrogens (tertiary/aromatic N) is 2. The number of nitrogens with one attached hydrogen (secondary N) is 2. The largest absolute Gasteiger partial charge is 0.349 e. The molecule has 0 aliphatic carbocycles. The van der Waals surface area contributed by atoms with Crippen LogP contribution in [-0.4, -0.2) is 52.9 Å². The Labute approximate surface area is 157 Å². The van der Waals surface area contributed by atoms with Crippen LogP contribution in [0.2, 0.25) is 0 Å². The Kier molecular flexibility index (Phi) is 4.43. The molecule has 27 heavy (non-hydrogen) atoms. The van der Waals surface area contributed by atoms with Gasteiger partial charge in [0, 0.05) is 48.7 Å². The van der Waals surface area contributed by atoms with Crippen LogP contribution in [0.1, 0.15) is 33.7 Å². The van der Waals surface area contributed by atoms with Gasteiger partial charge in [-0.1, -0.05) is 12.6 Å². The zero-order valence-electron chi connectivity index (χ0n) is 15.0. The number of piperidine rings is 1. The zero-order valence-corrected chi connectivity index (χ0v) is 15.0. The van der Waals surface area contributed by atoms with E-state index in [9.17, 15) is 14.4 Å². The first-order valence-corrected chi connectivity index (χ1v) is 9.20. The molecule has 7 nitrogen and oxygen atoms in total. The van der Waals surface area contributed by atoms with Crippen molar-refractivity contribution in [2.75, 3.05) is 19.6 Å². The van der Waals surface area contributed by atoms with E-state index >= 15 is 0 Å². The van der Waals surface area contributed by atoms with Crippen LogP contribution < -0.4 is 10.6 Å². The first-order valence-electron chi connectivity index (χ1n) is 9.20. The van der Waals surface area contributed by atoms with Crippen molar-refractivity contribution in [3.8, 4) is 0 Å². The van der Waals surface area contributed by atoms with E-state index in [4.69, 9.17) is 0 Å². The molecule has 4 rings (SSSR count). The Bertz CT molecular complexity index is 946. The van der Waals surface area contributed by atoms with Gasteiger partial charge in [-0.3, -0.25) is 14.4 Å². The van der Waals surface area contributed by atoms with Gasteiger partial charge < -0.3 is 20.1 Å². The van der Waals surface area contributed by atoms with Crippen LogP contribution in [0.5, 0.6) is 0 Å². The van der Waals surface area contributed by atoms with E-state index in [1.807, 2.05) is 22.8 Å². The van der Waals surface area contributed by atoms with E-state index in [0.29, 0.717) is 37.4 Å². The highest BCUT2D eigenvalue weighted by atomic mass is 16.2. The second-order valence-electron chi connectivity index (χ2n) is 7.01. The number of rotatable bonds is 3. The fraction of sp³-hybridized carbons (Fsp3) is 0.350. The SMILES string of the molecule is C=CC(=O)N1CCC[C@H](NC(=O)c2ccc3cc4n(c3c2)CCNC4=O)C1. The van der Waals surface area contributed by atoms with Crippen molar-refractivity contribution >= 4 is 28.6 Å². The summed E-state index contributed by atoms with van der Waals surface area (Å²) in [6, 6.07) is 7.26.